The topological polar surface area (TPSA) is 72.1 Å². The Labute approximate surface area is 109 Å². The maximum absolute atomic E-state index is 11.6. The molecule has 1 amide bonds. The van der Waals surface area contributed by atoms with Gasteiger partial charge in [0.05, 0.1) is 11.7 Å². The van der Waals surface area contributed by atoms with Crippen LogP contribution in [-0.4, -0.2) is 21.7 Å². The summed E-state index contributed by atoms with van der Waals surface area (Å²) in [6.45, 7) is 0. The fourth-order valence-corrected chi connectivity index (χ4v) is 2.70. The number of hydrogen-bond donors (Lipinski definition) is 1. The highest BCUT2D eigenvalue weighted by atomic mass is 32.1. The molecule has 0 fully saturated rings. The van der Waals surface area contributed by atoms with Crippen molar-refractivity contribution in [2.24, 2.45) is 0 Å². The molecule has 0 aliphatic carbocycles. The first-order chi connectivity index (χ1) is 8.66. The second-order valence-electron chi connectivity index (χ2n) is 4.29. The van der Waals surface area contributed by atoms with Gasteiger partial charge in [0.15, 0.2) is 5.82 Å². The summed E-state index contributed by atoms with van der Waals surface area (Å²) in [5, 5.41) is 0. The van der Waals surface area contributed by atoms with Crippen LogP contribution < -0.4 is 10.6 Å². The van der Waals surface area contributed by atoms with Crippen LogP contribution in [0.15, 0.2) is 18.2 Å². The van der Waals surface area contributed by atoms with E-state index in [4.69, 9.17) is 5.73 Å². The van der Waals surface area contributed by atoms with Gasteiger partial charge in [0.1, 0.15) is 5.69 Å². The fraction of sp³-hybridized carbons (Fsp3) is 0.250. The average Bonchev–Trinajstić information content (AvgIpc) is 2.80. The van der Waals surface area contributed by atoms with E-state index in [2.05, 4.69) is 8.75 Å². The lowest BCUT2D eigenvalue weighted by atomic mass is 9.98. The highest BCUT2D eigenvalue weighted by molar-refractivity contribution is 6.99. The highest BCUT2D eigenvalue weighted by Gasteiger charge is 2.21. The van der Waals surface area contributed by atoms with Crippen LogP contribution in [0.2, 0.25) is 0 Å². The van der Waals surface area contributed by atoms with Crippen LogP contribution in [0.4, 0.5) is 11.5 Å². The van der Waals surface area contributed by atoms with Gasteiger partial charge in [-0.25, -0.2) is 0 Å². The Kier molecular flexibility index (Phi) is 2.52. The minimum absolute atomic E-state index is 0.157. The molecule has 0 radical (unpaired) electrons. The minimum Gasteiger partial charge on any atom is -0.381 e. The molecular formula is C12H12N4OS. The standard InChI is InChI=1S/C12H12N4OS/c1-16-9-4-2-8(11-12(13)15-18-14-11)6-7(9)3-5-10(16)17/h2,4,6H,3,5H2,1H3,(H2,13,15). The predicted octanol–water partition coefficient (Wildman–Crippen LogP) is 1.70. The van der Waals surface area contributed by atoms with Crippen molar-refractivity contribution in [2.75, 3.05) is 17.7 Å². The van der Waals surface area contributed by atoms with Crippen molar-refractivity contribution >= 4 is 29.1 Å². The van der Waals surface area contributed by atoms with Gasteiger partial charge in [0, 0.05) is 24.7 Å². The quantitative estimate of drug-likeness (QED) is 0.847. The van der Waals surface area contributed by atoms with Crippen molar-refractivity contribution in [3.8, 4) is 11.3 Å². The molecule has 5 nitrogen and oxygen atoms in total. The Balaban J connectivity index is 2.07. The highest BCUT2D eigenvalue weighted by Crippen LogP contribution is 2.32. The number of fused-ring (bicyclic) bond motifs is 1. The molecule has 0 spiro atoms. The number of hydrogen-bond acceptors (Lipinski definition) is 5. The van der Waals surface area contributed by atoms with Crippen LogP contribution in [0.1, 0.15) is 12.0 Å². The first-order valence-electron chi connectivity index (χ1n) is 5.64. The monoisotopic (exact) mass is 260 g/mol. The third-order valence-electron chi connectivity index (χ3n) is 3.21. The SMILES string of the molecule is CN1C(=O)CCc2cc(-c3nsnc3N)ccc21. The Morgan fingerprint density at radius 2 is 2.17 bits per heavy atom. The van der Waals surface area contributed by atoms with Gasteiger partial charge < -0.3 is 10.6 Å². The summed E-state index contributed by atoms with van der Waals surface area (Å²) in [6.07, 6.45) is 1.32. The molecule has 2 aromatic rings. The maximum atomic E-state index is 11.6. The van der Waals surface area contributed by atoms with Crippen LogP contribution >= 0.6 is 11.7 Å². The zero-order chi connectivity index (χ0) is 12.7. The molecule has 0 atom stereocenters. The van der Waals surface area contributed by atoms with Gasteiger partial charge >= 0.3 is 0 Å². The second kappa shape index (κ2) is 4.06. The molecule has 2 N–H and O–H groups in total. The van der Waals surface area contributed by atoms with E-state index in [1.165, 1.54) is 0 Å². The molecule has 1 aromatic carbocycles. The van der Waals surface area contributed by atoms with Crippen LogP contribution in [0, 0.1) is 0 Å². The molecule has 1 aliphatic heterocycles. The number of nitrogen functional groups attached to an aromatic ring is 1. The van der Waals surface area contributed by atoms with Gasteiger partial charge in [-0.15, -0.1) is 0 Å². The number of rotatable bonds is 1. The Bertz CT molecular complexity index is 622. The van der Waals surface area contributed by atoms with Crippen LogP contribution in [0.25, 0.3) is 11.3 Å². The molecule has 0 bridgehead atoms. The summed E-state index contributed by atoms with van der Waals surface area (Å²) in [7, 11) is 1.80. The number of carbonyl (C=O) groups excluding carboxylic acids is 1. The molecule has 0 saturated heterocycles. The van der Waals surface area contributed by atoms with Gasteiger partial charge in [0.2, 0.25) is 5.91 Å². The number of anilines is 2. The number of aryl methyl sites for hydroxylation is 1. The number of aromatic nitrogens is 2. The number of amides is 1. The van der Waals surface area contributed by atoms with Crippen molar-refractivity contribution in [3.63, 3.8) is 0 Å². The zero-order valence-corrected chi connectivity index (χ0v) is 10.7. The summed E-state index contributed by atoms with van der Waals surface area (Å²) < 4.78 is 8.17. The van der Waals surface area contributed by atoms with E-state index in [0.717, 1.165) is 40.7 Å². The Hall–Kier alpha value is -1.95. The molecular weight excluding hydrogens is 248 g/mol. The van der Waals surface area contributed by atoms with E-state index in [-0.39, 0.29) is 5.91 Å². The Morgan fingerprint density at radius 3 is 2.89 bits per heavy atom. The van der Waals surface area contributed by atoms with E-state index >= 15 is 0 Å². The van der Waals surface area contributed by atoms with E-state index in [9.17, 15) is 4.79 Å². The summed E-state index contributed by atoms with van der Waals surface area (Å²) >= 11 is 1.11. The smallest absolute Gasteiger partial charge is 0.227 e. The van der Waals surface area contributed by atoms with Gasteiger partial charge in [-0.2, -0.15) is 8.75 Å². The number of nitrogens with two attached hydrogens (primary N) is 1. The summed E-state index contributed by atoms with van der Waals surface area (Å²) in [6, 6.07) is 5.92. The van der Waals surface area contributed by atoms with Gasteiger partial charge in [-0.05, 0) is 24.1 Å². The lowest BCUT2D eigenvalue weighted by Crippen LogP contribution is -2.30. The number of nitrogens with zero attached hydrogens (tertiary/aromatic N) is 3. The first kappa shape index (κ1) is 11.2. The molecule has 0 unspecified atom stereocenters. The van der Waals surface area contributed by atoms with Crippen molar-refractivity contribution in [3.05, 3.63) is 23.8 Å². The Morgan fingerprint density at radius 1 is 1.33 bits per heavy atom. The largest absolute Gasteiger partial charge is 0.381 e. The molecule has 0 saturated carbocycles. The van der Waals surface area contributed by atoms with Gasteiger partial charge in [-0.1, -0.05) is 6.07 Å². The van der Waals surface area contributed by atoms with E-state index in [0.29, 0.717) is 12.2 Å². The first-order valence-corrected chi connectivity index (χ1v) is 6.38. The summed E-state index contributed by atoms with van der Waals surface area (Å²) in [5.41, 5.74) is 9.58. The summed E-state index contributed by atoms with van der Waals surface area (Å²) in [4.78, 5) is 13.3. The predicted molar refractivity (Wildman–Crippen MR) is 71.5 cm³/mol. The second-order valence-corrected chi connectivity index (χ2v) is 4.82. The lowest BCUT2D eigenvalue weighted by Gasteiger charge is -2.26. The average molecular weight is 260 g/mol. The van der Waals surface area contributed by atoms with Crippen molar-refractivity contribution in [2.45, 2.75) is 12.8 Å². The third-order valence-corrected chi connectivity index (χ3v) is 3.75. The minimum atomic E-state index is 0.157. The van der Waals surface area contributed by atoms with E-state index in [1.807, 2.05) is 18.2 Å². The summed E-state index contributed by atoms with van der Waals surface area (Å²) in [5.74, 6) is 0.616. The number of benzene rings is 1. The van der Waals surface area contributed by atoms with Crippen LogP contribution in [0.5, 0.6) is 0 Å². The van der Waals surface area contributed by atoms with Gasteiger partial charge in [0.25, 0.3) is 0 Å². The number of carbonyl (C=O) groups is 1. The molecule has 1 aliphatic rings. The van der Waals surface area contributed by atoms with Crippen molar-refractivity contribution in [1.82, 2.24) is 8.75 Å². The van der Waals surface area contributed by atoms with Gasteiger partial charge in [-0.3, -0.25) is 4.79 Å². The lowest BCUT2D eigenvalue weighted by molar-refractivity contribution is -0.118. The normalized spacial score (nSPS) is 14.7. The van der Waals surface area contributed by atoms with E-state index in [1.54, 1.807) is 11.9 Å². The van der Waals surface area contributed by atoms with Crippen molar-refractivity contribution < 1.29 is 4.79 Å². The van der Waals surface area contributed by atoms with Crippen molar-refractivity contribution in [1.29, 1.82) is 0 Å². The third kappa shape index (κ3) is 1.65. The maximum Gasteiger partial charge on any atom is 0.227 e. The molecule has 92 valence electrons. The molecule has 1 aromatic heterocycles. The van der Waals surface area contributed by atoms with Crippen LogP contribution in [-0.2, 0) is 11.2 Å². The van der Waals surface area contributed by atoms with E-state index < -0.39 is 0 Å². The van der Waals surface area contributed by atoms with Crippen LogP contribution in [0.3, 0.4) is 0 Å². The zero-order valence-electron chi connectivity index (χ0n) is 9.88. The fourth-order valence-electron chi connectivity index (χ4n) is 2.20. The molecule has 3 rings (SSSR count). The molecule has 2 heterocycles. The molecule has 6 heteroatoms. The molecule has 18 heavy (non-hydrogen) atoms.